The minimum absolute atomic E-state index is 0.318. The van der Waals surface area contributed by atoms with Crippen LogP contribution in [0.15, 0.2) is 24.3 Å². The summed E-state index contributed by atoms with van der Waals surface area (Å²) in [7, 11) is 0. The van der Waals surface area contributed by atoms with Crippen LogP contribution in [0.25, 0.3) is 0 Å². The summed E-state index contributed by atoms with van der Waals surface area (Å²) in [4.78, 5) is 0. The molecule has 0 aliphatic rings. The zero-order valence-corrected chi connectivity index (χ0v) is 12.0. The quantitative estimate of drug-likeness (QED) is 0.704. The molecular weight excluding hydrogens is 222 g/mol. The third kappa shape index (κ3) is 4.69. The first kappa shape index (κ1) is 15.0. The fourth-order valence-corrected chi connectivity index (χ4v) is 1.97. The highest BCUT2D eigenvalue weighted by molar-refractivity contribution is 5.35. The van der Waals surface area contributed by atoms with Crippen LogP contribution in [0, 0.1) is 0 Å². The van der Waals surface area contributed by atoms with Crippen molar-refractivity contribution in [2.45, 2.75) is 58.4 Å². The van der Waals surface area contributed by atoms with Gasteiger partial charge in [0.1, 0.15) is 5.75 Å². The van der Waals surface area contributed by atoms with Gasteiger partial charge in [-0.25, -0.2) is 0 Å². The van der Waals surface area contributed by atoms with Gasteiger partial charge in [-0.2, -0.15) is 0 Å². The van der Waals surface area contributed by atoms with Gasteiger partial charge in [0.25, 0.3) is 0 Å². The second kappa shape index (κ2) is 8.15. The van der Waals surface area contributed by atoms with Gasteiger partial charge >= 0.3 is 0 Å². The highest BCUT2D eigenvalue weighted by Gasteiger charge is 2.09. The molecule has 1 aromatic rings. The molecule has 102 valence electrons. The second-order valence-electron chi connectivity index (χ2n) is 5.01. The maximum atomic E-state index is 5.90. The van der Waals surface area contributed by atoms with E-state index in [1.165, 1.54) is 5.56 Å². The molecule has 0 aromatic heterocycles. The summed E-state index contributed by atoms with van der Waals surface area (Å²) in [5.41, 5.74) is 7.22. The number of para-hydroxylation sites is 1. The van der Waals surface area contributed by atoms with Crippen LogP contribution in [0.1, 0.15) is 57.9 Å². The molecule has 2 nitrogen and oxygen atoms in total. The van der Waals surface area contributed by atoms with Crippen LogP contribution < -0.4 is 10.5 Å². The summed E-state index contributed by atoms with van der Waals surface area (Å²) in [6.45, 7) is 7.35. The number of benzene rings is 1. The molecule has 2 unspecified atom stereocenters. The summed E-state index contributed by atoms with van der Waals surface area (Å²) in [6, 6.07) is 8.68. The van der Waals surface area contributed by atoms with Crippen LogP contribution in [0.4, 0.5) is 0 Å². The van der Waals surface area contributed by atoms with E-state index in [0.717, 1.165) is 38.0 Å². The van der Waals surface area contributed by atoms with E-state index in [1.54, 1.807) is 0 Å². The number of rotatable bonds is 8. The van der Waals surface area contributed by atoms with Gasteiger partial charge in [-0.15, -0.1) is 0 Å². The Balaban J connectivity index is 2.46. The lowest BCUT2D eigenvalue weighted by Crippen LogP contribution is -2.19. The summed E-state index contributed by atoms with van der Waals surface area (Å²) in [6.07, 6.45) is 4.26. The third-order valence-electron chi connectivity index (χ3n) is 3.56. The lowest BCUT2D eigenvalue weighted by molar-refractivity contribution is 0.296. The molecule has 0 radical (unpaired) electrons. The van der Waals surface area contributed by atoms with Gasteiger partial charge in [0.15, 0.2) is 0 Å². The predicted molar refractivity (Wildman–Crippen MR) is 78.1 cm³/mol. The average Bonchev–Trinajstić information content (AvgIpc) is 2.42. The van der Waals surface area contributed by atoms with Crippen LogP contribution in [0.3, 0.4) is 0 Å². The molecule has 0 bridgehead atoms. The normalized spacial score (nSPS) is 14.2. The van der Waals surface area contributed by atoms with Gasteiger partial charge in [-0.05, 0) is 43.2 Å². The molecular formula is C16H27NO. The van der Waals surface area contributed by atoms with E-state index < -0.39 is 0 Å². The van der Waals surface area contributed by atoms with Crippen molar-refractivity contribution < 1.29 is 4.74 Å². The van der Waals surface area contributed by atoms with Gasteiger partial charge in [0.05, 0.1) is 6.61 Å². The minimum Gasteiger partial charge on any atom is -0.493 e. The smallest absolute Gasteiger partial charge is 0.122 e. The van der Waals surface area contributed by atoms with E-state index in [9.17, 15) is 0 Å². The van der Waals surface area contributed by atoms with Gasteiger partial charge in [0.2, 0.25) is 0 Å². The zero-order chi connectivity index (χ0) is 13.4. The van der Waals surface area contributed by atoms with Crippen molar-refractivity contribution in [3.05, 3.63) is 29.8 Å². The van der Waals surface area contributed by atoms with Crippen molar-refractivity contribution >= 4 is 0 Å². The first-order valence-corrected chi connectivity index (χ1v) is 7.16. The molecule has 2 N–H and O–H groups in total. The molecule has 1 rings (SSSR count). The van der Waals surface area contributed by atoms with Crippen molar-refractivity contribution in [3.63, 3.8) is 0 Å². The van der Waals surface area contributed by atoms with Crippen molar-refractivity contribution in [2.75, 3.05) is 6.61 Å². The molecule has 2 heteroatoms. The van der Waals surface area contributed by atoms with Crippen molar-refractivity contribution in [1.82, 2.24) is 0 Å². The Kier molecular flexibility index (Phi) is 6.81. The maximum absolute atomic E-state index is 5.90. The highest BCUT2D eigenvalue weighted by atomic mass is 16.5. The van der Waals surface area contributed by atoms with Gasteiger partial charge in [-0.1, -0.05) is 39.0 Å². The van der Waals surface area contributed by atoms with Gasteiger partial charge in [-0.3, -0.25) is 0 Å². The largest absolute Gasteiger partial charge is 0.493 e. The Hall–Kier alpha value is -1.02. The van der Waals surface area contributed by atoms with Crippen LogP contribution >= 0.6 is 0 Å². The average molecular weight is 249 g/mol. The standard InChI is InChI=1S/C16H27NO/c1-4-13(3)15-10-6-7-11-16(15)18-12-8-9-14(17)5-2/h6-7,10-11,13-14H,4-5,8-9,12,17H2,1-3H3. The molecule has 0 aliphatic carbocycles. The van der Waals surface area contributed by atoms with E-state index in [4.69, 9.17) is 10.5 Å². The van der Waals surface area contributed by atoms with Crippen LogP contribution in [0.2, 0.25) is 0 Å². The molecule has 0 amide bonds. The number of nitrogens with two attached hydrogens (primary N) is 1. The lowest BCUT2D eigenvalue weighted by atomic mass is 9.98. The van der Waals surface area contributed by atoms with Gasteiger partial charge < -0.3 is 10.5 Å². The topological polar surface area (TPSA) is 35.2 Å². The summed E-state index contributed by atoms with van der Waals surface area (Å²) >= 11 is 0. The Labute approximate surface area is 112 Å². The van der Waals surface area contributed by atoms with Gasteiger partial charge in [0, 0.05) is 6.04 Å². The summed E-state index contributed by atoms with van der Waals surface area (Å²) in [5.74, 6) is 1.59. The minimum atomic E-state index is 0.318. The first-order valence-electron chi connectivity index (χ1n) is 7.16. The first-order chi connectivity index (χ1) is 8.69. The Morgan fingerprint density at radius 3 is 2.56 bits per heavy atom. The Morgan fingerprint density at radius 1 is 1.17 bits per heavy atom. The van der Waals surface area contributed by atoms with Crippen molar-refractivity contribution in [2.24, 2.45) is 5.73 Å². The van der Waals surface area contributed by atoms with E-state index in [0.29, 0.717) is 12.0 Å². The zero-order valence-electron chi connectivity index (χ0n) is 12.0. The Morgan fingerprint density at radius 2 is 1.89 bits per heavy atom. The van der Waals surface area contributed by atoms with E-state index in [-0.39, 0.29) is 0 Å². The highest BCUT2D eigenvalue weighted by Crippen LogP contribution is 2.28. The molecule has 1 aromatic carbocycles. The SMILES string of the molecule is CCC(N)CCCOc1ccccc1C(C)CC. The van der Waals surface area contributed by atoms with Crippen molar-refractivity contribution in [1.29, 1.82) is 0 Å². The third-order valence-corrected chi connectivity index (χ3v) is 3.56. The van der Waals surface area contributed by atoms with Crippen LogP contribution in [0.5, 0.6) is 5.75 Å². The maximum Gasteiger partial charge on any atom is 0.122 e. The summed E-state index contributed by atoms with van der Waals surface area (Å²) in [5, 5.41) is 0. The fourth-order valence-electron chi connectivity index (χ4n) is 1.97. The van der Waals surface area contributed by atoms with Crippen LogP contribution in [-0.4, -0.2) is 12.6 Å². The Bertz CT molecular complexity index is 338. The number of hydrogen-bond acceptors (Lipinski definition) is 2. The molecule has 0 saturated carbocycles. The predicted octanol–water partition coefficient (Wildman–Crippen LogP) is 4.10. The fraction of sp³-hybridized carbons (Fsp3) is 0.625. The summed E-state index contributed by atoms with van der Waals surface area (Å²) < 4.78 is 5.90. The molecule has 0 aliphatic heterocycles. The van der Waals surface area contributed by atoms with Crippen molar-refractivity contribution in [3.8, 4) is 5.75 Å². The van der Waals surface area contributed by atoms with Crippen LogP contribution in [-0.2, 0) is 0 Å². The molecule has 0 heterocycles. The molecule has 2 atom stereocenters. The monoisotopic (exact) mass is 249 g/mol. The second-order valence-corrected chi connectivity index (χ2v) is 5.01. The lowest BCUT2D eigenvalue weighted by Gasteiger charge is -2.16. The molecule has 0 saturated heterocycles. The van der Waals surface area contributed by atoms with E-state index in [1.807, 2.05) is 6.07 Å². The molecule has 0 spiro atoms. The van der Waals surface area contributed by atoms with E-state index in [2.05, 4.69) is 39.0 Å². The molecule has 0 fully saturated rings. The number of hydrogen-bond donors (Lipinski definition) is 1. The number of ether oxygens (including phenoxy) is 1. The molecule has 18 heavy (non-hydrogen) atoms. The van der Waals surface area contributed by atoms with E-state index >= 15 is 0 Å².